The first-order valence-electron chi connectivity index (χ1n) is 16.4. The van der Waals surface area contributed by atoms with Crippen molar-refractivity contribution < 1.29 is 34.3 Å². The van der Waals surface area contributed by atoms with E-state index in [2.05, 4.69) is 53.8 Å². The van der Waals surface area contributed by atoms with Crippen LogP contribution >= 0.6 is 0 Å². The number of amides is 2. The number of quaternary nitrogens is 1. The first-order chi connectivity index (χ1) is 23.4. The van der Waals surface area contributed by atoms with Crippen LogP contribution in [0.3, 0.4) is 0 Å². The van der Waals surface area contributed by atoms with Gasteiger partial charge in [0.2, 0.25) is 11.8 Å². The molecule has 9 heteroatoms. The SMILES string of the molecule is C=CCOc1ccc2ccccc2c1-c1c(OCCCC(=O)N[C@H](CCCC[NH3+])C(=O)N[C@@H](CC=C)C(=O)OC)ccc2ccccc12. The van der Waals surface area contributed by atoms with Gasteiger partial charge in [-0.1, -0.05) is 79.4 Å². The monoisotopic (exact) mass is 652 g/mol. The fourth-order valence-electron chi connectivity index (χ4n) is 5.68. The lowest BCUT2D eigenvalue weighted by Gasteiger charge is -2.22. The topological polar surface area (TPSA) is 131 Å². The lowest BCUT2D eigenvalue weighted by atomic mass is 9.92. The zero-order valence-electron chi connectivity index (χ0n) is 27.7. The number of unbranched alkanes of at least 4 members (excludes halogenated alkanes) is 1. The van der Waals surface area contributed by atoms with Gasteiger partial charge in [0.05, 0.1) is 20.3 Å². The highest BCUT2D eigenvalue weighted by molar-refractivity contribution is 6.09. The summed E-state index contributed by atoms with van der Waals surface area (Å²) in [6.45, 7) is 8.82. The molecule has 4 rings (SSSR count). The second-order valence-corrected chi connectivity index (χ2v) is 11.4. The molecule has 0 saturated carbocycles. The molecule has 0 aliphatic heterocycles. The zero-order valence-corrected chi connectivity index (χ0v) is 27.7. The molecule has 0 unspecified atom stereocenters. The second kappa shape index (κ2) is 18.3. The molecule has 0 saturated heterocycles. The van der Waals surface area contributed by atoms with Crippen molar-refractivity contribution in [2.24, 2.45) is 0 Å². The Morgan fingerprint density at radius 3 is 1.98 bits per heavy atom. The number of rotatable bonds is 19. The van der Waals surface area contributed by atoms with E-state index in [0.717, 1.165) is 51.4 Å². The van der Waals surface area contributed by atoms with Crippen LogP contribution in [-0.4, -0.2) is 56.7 Å². The van der Waals surface area contributed by atoms with Crippen LogP contribution < -0.4 is 25.8 Å². The molecule has 2 atom stereocenters. The van der Waals surface area contributed by atoms with E-state index >= 15 is 0 Å². The first-order valence-corrected chi connectivity index (χ1v) is 16.4. The highest BCUT2D eigenvalue weighted by Gasteiger charge is 2.26. The molecule has 0 aliphatic rings. The fourth-order valence-corrected chi connectivity index (χ4v) is 5.68. The van der Waals surface area contributed by atoms with Crippen molar-refractivity contribution in [1.82, 2.24) is 10.6 Å². The maximum absolute atomic E-state index is 13.1. The largest absolute Gasteiger partial charge is 0.493 e. The number of ether oxygens (including phenoxy) is 3. The van der Waals surface area contributed by atoms with E-state index < -0.39 is 24.0 Å². The lowest BCUT2D eigenvalue weighted by Crippen LogP contribution is -2.52. The standard InChI is InChI=1S/C39H45N3O6/c1-4-13-32(39(45)46-3)42-38(44)31(18-10-11-24-40)41-35(43)19-12-26-48-34-23-21-28-15-7-9-17-30(28)37(34)36-29-16-8-6-14-27(29)20-22-33(36)47-25-5-2/h4-9,14-17,20-23,31-32H,1-2,10-13,18-19,24-26,40H2,3H3,(H,41,43)(H,42,44)/p+1/t31-,32+/m1/s1. The van der Waals surface area contributed by atoms with Crippen molar-refractivity contribution in [3.05, 3.63) is 98.1 Å². The average molecular weight is 653 g/mol. The van der Waals surface area contributed by atoms with Gasteiger partial charge in [0.15, 0.2) is 0 Å². The fraction of sp³-hybridized carbons (Fsp3) is 0.308. The molecule has 5 N–H and O–H groups in total. The molecule has 9 nitrogen and oxygen atoms in total. The number of carbonyl (C=O) groups is 3. The average Bonchev–Trinajstić information content (AvgIpc) is 3.11. The van der Waals surface area contributed by atoms with Crippen molar-refractivity contribution in [3.8, 4) is 22.6 Å². The Balaban J connectivity index is 1.51. The number of carbonyl (C=O) groups excluding carboxylic acids is 3. The molecular formula is C39H46N3O6+. The van der Waals surface area contributed by atoms with Crippen LogP contribution in [0.5, 0.6) is 11.5 Å². The Kier molecular flexibility index (Phi) is 13.6. The summed E-state index contributed by atoms with van der Waals surface area (Å²) in [7, 11) is 1.26. The van der Waals surface area contributed by atoms with Crippen LogP contribution in [0.2, 0.25) is 0 Å². The molecule has 0 bridgehead atoms. The summed E-state index contributed by atoms with van der Waals surface area (Å²) in [5.74, 6) is 0.111. The van der Waals surface area contributed by atoms with Crippen molar-refractivity contribution >= 4 is 39.3 Å². The predicted octanol–water partition coefficient (Wildman–Crippen LogP) is 5.51. The number of hydrogen-bond donors (Lipinski definition) is 3. The van der Waals surface area contributed by atoms with Gasteiger partial charge in [-0.25, -0.2) is 4.79 Å². The smallest absolute Gasteiger partial charge is 0.328 e. The Morgan fingerprint density at radius 2 is 1.40 bits per heavy atom. The maximum atomic E-state index is 13.1. The van der Waals surface area contributed by atoms with Crippen molar-refractivity contribution in [3.63, 3.8) is 0 Å². The van der Waals surface area contributed by atoms with Crippen molar-refractivity contribution in [1.29, 1.82) is 0 Å². The summed E-state index contributed by atoms with van der Waals surface area (Å²) in [5, 5.41) is 9.75. The van der Waals surface area contributed by atoms with Crippen LogP contribution in [0, 0.1) is 0 Å². The Labute approximate surface area is 282 Å². The van der Waals surface area contributed by atoms with E-state index in [1.165, 1.54) is 13.2 Å². The minimum absolute atomic E-state index is 0.150. The van der Waals surface area contributed by atoms with Crippen LogP contribution in [0.4, 0.5) is 0 Å². The summed E-state index contributed by atoms with van der Waals surface area (Å²) >= 11 is 0. The summed E-state index contributed by atoms with van der Waals surface area (Å²) in [5.41, 5.74) is 5.70. The highest BCUT2D eigenvalue weighted by atomic mass is 16.5. The zero-order chi connectivity index (χ0) is 34.3. The number of methoxy groups -OCH3 is 1. The minimum Gasteiger partial charge on any atom is -0.493 e. The third-order valence-electron chi connectivity index (χ3n) is 8.04. The number of esters is 1. The van der Waals surface area contributed by atoms with Gasteiger partial charge in [-0.3, -0.25) is 9.59 Å². The van der Waals surface area contributed by atoms with Gasteiger partial charge in [-0.2, -0.15) is 0 Å². The van der Waals surface area contributed by atoms with Crippen LogP contribution in [0.1, 0.15) is 38.5 Å². The normalized spacial score (nSPS) is 12.1. The second-order valence-electron chi connectivity index (χ2n) is 11.4. The van der Waals surface area contributed by atoms with Crippen LogP contribution in [0.15, 0.2) is 98.1 Å². The van der Waals surface area contributed by atoms with Gasteiger partial charge >= 0.3 is 5.97 Å². The Bertz CT molecular complexity index is 1740. The molecule has 4 aromatic carbocycles. The predicted molar refractivity (Wildman–Crippen MR) is 190 cm³/mol. The number of nitrogens with one attached hydrogen (secondary N) is 2. The molecule has 48 heavy (non-hydrogen) atoms. The van der Waals surface area contributed by atoms with E-state index in [0.29, 0.717) is 31.6 Å². The van der Waals surface area contributed by atoms with Crippen LogP contribution in [0.25, 0.3) is 32.7 Å². The molecular weight excluding hydrogens is 606 g/mol. The number of hydrogen-bond acceptors (Lipinski definition) is 6. The molecule has 0 aliphatic carbocycles. The maximum Gasteiger partial charge on any atom is 0.328 e. The quantitative estimate of drug-likeness (QED) is 0.0696. The molecule has 252 valence electrons. The summed E-state index contributed by atoms with van der Waals surface area (Å²) in [4.78, 5) is 38.3. The molecule has 4 aromatic rings. The lowest BCUT2D eigenvalue weighted by molar-refractivity contribution is -0.368. The Morgan fingerprint density at radius 1 is 0.771 bits per heavy atom. The van der Waals surface area contributed by atoms with Crippen molar-refractivity contribution in [2.45, 2.75) is 50.6 Å². The van der Waals surface area contributed by atoms with E-state index in [1.807, 2.05) is 48.5 Å². The number of benzene rings is 4. The van der Waals surface area contributed by atoms with Crippen molar-refractivity contribution in [2.75, 3.05) is 26.9 Å². The van der Waals surface area contributed by atoms with Gasteiger partial charge in [-0.05, 0) is 65.8 Å². The van der Waals surface area contributed by atoms with Gasteiger partial charge in [0.25, 0.3) is 0 Å². The van der Waals surface area contributed by atoms with Gasteiger partial charge in [0, 0.05) is 17.5 Å². The molecule has 0 heterocycles. The molecule has 0 radical (unpaired) electrons. The Hall–Kier alpha value is -5.15. The van der Waals surface area contributed by atoms with E-state index in [1.54, 1.807) is 6.08 Å². The molecule has 0 aromatic heterocycles. The molecule has 0 fully saturated rings. The molecule has 2 amide bonds. The van der Waals surface area contributed by atoms with Crippen LogP contribution in [-0.2, 0) is 19.1 Å². The minimum atomic E-state index is -0.874. The number of fused-ring (bicyclic) bond motifs is 2. The van der Waals surface area contributed by atoms with E-state index in [9.17, 15) is 14.4 Å². The summed E-state index contributed by atoms with van der Waals surface area (Å²) < 4.78 is 17.4. The first kappa shape index (κ1) is 35.7. The van der Waals surface area contributed by atoms with Gasteiger partial charge in [0.1, 0.15) is 30.2 Å². The summed E-state index contributed by atoms with van der Waals surface area (Å²) in [6.07, 6.45) is 5.98. The van der Waals surface area contributed by atoms with E-state index in [-0.39, 0.29) is 25.4 Å². The van der Waals surface area contributed by atoms with E-state index in [4.69, 9.17) is 14.2 Å². The van der Waals surface area contributed by atoms with Gasteiger partial charge < -0.3 is 30.6 Å². The molecule has 0 spiro atoms. The third kappa shape index (κ3) is 9.23. The third-order valence-corrected chi connectivity index (χ3v) is 8.04. The highest BCUT2D eigenvalue weighted by Crippen LogP contribution is 2.45. The summed E-state index contributed by atoms with van der Waals surface area (Å²) in [6, 6.07) is 22.7. The van der Waals surface area contributed by atoms with Gasteiger partial charge in [-0.15, -0.1) is 6.58 Å².